The SMILES string of the molecule is Nc1cc(Br)nc(NCC(O)C2CC2)n1. The second-order valence-electron chi connectivity index (χ2n) is 3.72. The van der Waals surface area contributed by atoms with Crippen LogP contribution in [0.2, 0.25) is 0 Å². The molecular weight excluding hydrogens is 260 g/mol. The first kappa shape index (κ1) is 10.6. The Kier molecular flexibility index (Phi) is 3.06. The highest BCUT2D eigenvalue weighted by Crippen LogP contribution is 2.32. The Bertz CT molecular complexity index is 336. The zero-order valence-corrected chi connectivity index (χ0v) is 9.74. The third kappa shape index (κ3) is 3.04. The largest absolute Gasteiger partial charge is 0.391 e. The summed E-state index contributed by atoms with van der Waals surface area (Å²) in [5.74, 6) is 1.30. The summed E-state index contributed by atoms with van der Waals surface area (Å²) in [5.41, 5.74) is 5.55. The van der Waals surface area contributed by atoms with Crippen molar-refractivity contribution in [2.75, 3.05) is 17.6 Å². The van der Waals surface area contributed by atoms with Crippen molar-refractivity contribution < 1.29 is 5.11 Å². The third-order valence-electron chi connectivity index (χ3n) is 2.35. The van der Waals surface area contributed by atoms with E-state index in [1.54, 1.807) is 6.07 Å². The van der Waals surface area contributed by atoms with Gasteiger partial charge in [-0.25, -0.2) is 4.98 Å². The molecule has 1 aromatic heterocycles. The van der Waals surface area contributed by atoms with E-state index in [9.17, 15) is 5.11 Å². The van der Waals surface area contributed by atoms with Gasteiger partial charge in [-0.2, -0.15) is 4.98 Å². The lowest BCUT2D eigenvalue weighted by Crippen LogP contribution is -2.22. The molecule has 2 rings (SSSR count). The van der Waals surface area contributed by atoms with Crippen molar-refractivity contribution in [1.82, 2.24) is 9.97 Å². The fraction of sp³-hybridized carbons (Fsp3) is 0.556. The van der Waals surface area contributed by atoms with Gasteiger partial charge in [0.25, 0.3) is 0 Å². The van der Waals surface area contributed by atoms with Gasteiger partial charge in [-0.1, -0.05) is 0 Å². The Labute approximate surface area is 96.2 Å². The zero-order chi connectivity index (χ0) is 10.8. The molecule has 1 aromatic rings. The summed E-state index contributed by atoms with van der Waals surface area (Å²) in [4.78, 5) is 8.09. The molecule has 1 saturated carbocycles. The number of halogens is 1. The molecule has 6 heteroatoms. The number of hydrogen-bond donors (Lipinski definition) is 3. The number of nitrogens with zero attached hydrogens (tertiary/aromatic N) is 2. The molecule has 0 aromatic carbocycles. The maximum atomic E-state index is 9.63. The van der Waals surface area contributed by atoms with Gasteiger partial charge in [0, 0.05) is 12.6 Å². The number of aromatic nitrogens is 2. The van der Waals surface area contributed by atoms with Crippen LogP contribution in [0.5, 0.6) is 0 Å². The lowest BCUT2D eigenvalue weighted by molar-refractivity contribution is 0.164. The highest BCUT2D eigenvalue weighted by Gasteiger charge is 2.29. The van der Waals surface area contributed by atoms with Crippen molar-refractivity contribution in [3.63, 3.8) is 0 Å². The monoisotopic (exact) mass is 272 g/mol. The van der Waals surface area contributed by atoms with E-state index in [2.05, 4.69) is 31.2 Å². The quantitative estimate of drug-likeness (QED) is 0.713. The molecule has 1 aliphatic carbocycles. The van der Waals surface area contributed by atoms with Crippen LogP contribution < -0.4 is 11.1 Å². The fourth-order valence-electron chi connectivity index (χ4n) is 1.36. The maximum Gasteiger partial charge on any atom is 0.225 e. The summed E-state index contributed by atoms with van der Waals surface area (Å²) in [6, 6.07) is 1.63. The van der Waals surface area contributed by atoms with E-state index >= 15 is 0 Å². The predicted octanol–water partition coefficient (Wildman–Crippen LogP) is 1.00. The van der Waals surface area contributed by atoms with Gasteiger partial charge in [0.1, 0.15) is 10.4 Å². The molecule has 1 heterocycles. The van der Waals surface area contributed by atoms with Gasteiger partial charge >= 0.3 is 0 Å². The predicted molar refractivity (Wildman–Crippen MR) is 61.4 cm³/mol. The summed E-state index contributed by atoms with van der Waals surface area (Å²) in [7, 11) is 0. The van der Waals surface area contributed by atoms with Crippen LogP contribution in [0, 0.1) is 5.92 Å². The van der Waals surface area contributed by atoms with Crippen molar-refractivity contribution in [2.24, 2.45) is 5.92 Å². The first-order valence-corrected chi connectivity index (χ1v) is 5.66. The zero-order valence-electron chi connectivity index (χ0n) is 8.15. The van der Waals surface area contributed by atoms with Crippen LogP contribution in [0.1, 0.15) is 12.8 Å². The fourth-order valence-corrected chi connectivity index (χ4v) is 1.76. The van der Waals surface area contributed by atoms with Gasteiger partial charge in [-0.3, -0.25) is 0 Å². The average molecular weight is 273 g/mol. The molecule has 82 valence electrons. The molecule has 0 aliphatic heterocycles. The molecule has 5 nitrogen and oxygen atoms in total. The van der Waals surface area contributed by atoms with Crippen molar-refractivity contribution in [3.8, 4) is 0 Å². The molecule has 0 saturated heterocycles. The minimum atomic E-state index is -0.311. The number of rotatable bonds is 4. The normalized spacial score (nSPS) is 17.5. The number of nitrogens with one attached hydrogen (secondary N) is 1. The minimum Gasteiger partial charge on any atom is -0.391 e. The number of hydrogen-bond acceptors (Lipinski definition) is 5. The summed E-state index contributed by atoms with van der Waals surface area (Å²) in [6.07, 6.45) is 1.92. The number of nitrogens with two attached hydrogens (primary N) is 1. The van der Waals surface area contributed by atoms with Crippen LogP contribution in [0.3, 0.4) is 0 Å². The Morgan fingerprint density at radius 1 is 1.60 bits per heavy atom. The van der Waals surface area contributed by atoms with E-state index in [1.165, 1.54) is 0 Å². The average Bonchev–Trinajstić information content (AvgIpc) is 2.95. The lowest BCUT2D eigenvalue weighted by Gasteiger charge is -2.10. The van der Waals surface area contributed by atoms with Crippen molar-refractivity contribution in [1.29, 1.82) is 0 Å². The number of nitrogen functional groups attached to an aromatic ring is 1. The van der Waals surface area contributed by atoms with E-state index in [0.717, 1.165) is 12.8 Å². The molecule has 0 spiro atoms. The van der Waals surface area contributed by atoms with Crippen LogP contribution in [-0.2, 0) is 0 Å². The molecule has 1 fully saturated rings. The van der Waals surface area contributed by atoms with E-state index < -0.39 is 0 Å². The molecule has 1 unspecified atom stereocenters. The molecular formula is C9H13BrN4O. The maximum absolute atomic E-state index is 9.63. The second kappa shape index (κ2) is 4.32. The Morgan fingerprint density at radius 3 is 2.93 bits per heavy atom. The molecule has 4 N–H and O–H groups in total. The van der Waals surface area contributed by atoms with Gasteiger partial charge in [-0.05, 0) is 34.7 Å². The highest BCUT2D eigenvalue weighted by atomic mass is 79.9. The summed E-state index contributed by atoms with van der Waals surface area (Å²) in [5, 5.41) is 12.6. The minimum absolute atomic E-state index is 0.311. The Balaban J connectivity index is 1.91. The van der Waals surface area contributed by atoms with Gasteiger partial charge in [-0.15, -0.1) is 0 Å². The standard InChI is InChI=1S/C9H13BrN4O/c10-7-3-8(11)14-9(13-7)12-4-6(15)5-1-2-5/h3,5-6,15H,1-2,4H2,(H3,11,12,13,14). The van der Waals surface area contributed by atoms with E-state index in [0.29, 0.717) is 28.8 Å². The van der Waals surface area contributed by atoms with Crippen molar-refractivity contribution >= 4 is 27.7 Å². The van der Waals surface area contributed by atoms with Crippen LogP contribution in [-0.4, -0.2) is 27.7 Å². The Hall–Kier alpha value is -0.880. The van der Waals surface area contributed by atoms with E-state index in [-0.39, 0.29) is 6.10 Å². The number of aliphatic hydroxyl groups excluding tert-OH is 1. The molecule has 0 radical (unpaired) electrons. The smallest absolute Gasteiger partial charge is 0.225 e. The van der Waals surface area contributed by atoms with E-state index in [1.807, 2.05) is 0 Å². The topological polar surface area (TPSA) is 84.1 Å². The van der Waals surface area contributed by atoms with Gasteiger partial charge in [0.2, 0.25) is 5.95 Å². The van der Waals surface area contributed by atoms with Crippen LogP contribution in [0.4, 0.5) is 11.8 Å². The molecule has 0 bridgehead atoms. The summed E-state index contributed by atoms with van der Waals surface area (Å²) < 4.78 is 0.637. The number of anilines is 2. The first-order chi connectivity index (χ1) is 7.15. The van der Waals surface area contributed by atoms with Crippen molar-refractivity contribution in [3.05, 3.63) is 10.7 Å². The van der Waals surface area contributed by atoms with Crippen molar-refractivity contribution in [2.45, 2.75) is 18.9 Å². The van der Waals surface area contributed by atoms with Gasteiger partial charge in [0.05, 0.1) is 6.10 Å². The lowest BCUT2D eigenvalue weighted by atomic mass is 10.2. The molecule has 15 heavy (non-hydrogen) atoms. The molecule has 0 amide bonds. The first-order valence-electron chi connectivity index (χ1n) is 4.87. The molecule has 1 atom stereocenters. The van der Waals surface area contributed by atoms with Gasteiger partial charge < -0.3 is 16.2 Å². The van der Waals surface area contributed by atoms with Crippen LogP contribution >= 0.6 is 15.9 Å². The van der Waals surface area contributed by atoms with Crippen LogP contribution in [0.25, 0.3) is 0 Å². The Morgan fingerprint density at radius 2 is 2.33 bits per heavy atom. The molecule has 1 aliphatic rings. The highest BCUT2D eigenvalue weighted by molar-refractivity contribution is 9.10. The third-order valence-corrected chi connectivity index (χ3v) is 2.76. The summed E-state index contributed by atoms with van der Waals surface area (Å²) >= 11 is 3.23. The van der Waals surface area contributed by atoms with Gasteiger partial charge in [0.15, 0.2) is 0 Å². The van der Waals surface area contributed by atoms with E-state index in [4.69, 9.17) is 5.73 Å². The van der Waals surface area contributed by atoms with Crippen LogP contribution in [0.15, 0.2) is 10.7 Å². The summed E-state index contributed by atoms with van der Waals surface area (Å²) in [6.45, 7) is 0.473. The second-order valence-corrected chi connectivity index (χ2v) is 4.54. The number of aliphatic hydroxyl groups is 1.